The molecule has 0 aromatic heterocycles. The van der Waals surface area contributed by atoms with Crippen molar-refractivity contribution >= 4 is 12.1 Å². The second kappa shape index (κ2) is 11.8. The van der Waals surface area contributed by atoms with Gasteiger partial charge in [-0.25, -0.2) is 9.59 Å². The minimum atomic E-state index is -0.873. The third-order valence-electron chi connectivity index (χ3n) is 3.90. The number of benzene rings is 2. The van der Waals surface area contributed by atoms with Crippen molar-refractivity contribution in [3.63, 3.8) is 0 Å². The van der Waals surface area contributed by atoms with E-state index < -0.39 is 12.1 Å². The van der Waals surface area contributed by atoms with Gasteiger partial charge in [-0.1, -0.05) is 47.6 Å². The molecule has 0 unspecified atom stereocenters. The van der Waals surface area contributed by atoms with Gasteiger partial charge in [-0.3, -0.25) is 5.32 Å². The molecule has 30 heavy (non-hydrogen) atoms. The summed E-state index contributed by atoms with van der Waals surface area (Å²) in [6.45, 7) is 1.72. The Morgan fingerprint density at radius 2 is 1.73 bits per heavy atom. The number of ether oxygens (including phenoxy) is 3. The van der Waals surface area contributed by atoms with Gasteiger partial charge in [0.15, 0.2) is 0 Å². The number of esters is 1. The fourth-order valence-corrected chi connectivity index (χ4v) is 2.47. The van der Waals surface area contributed by atoms with E-state index in [9.17, 15) is 9.59 Å². The van der Waals surface area contributed by atoms with Crippen molar-refractivity contribution in [2.75, 3.05) is 13.7 Å². The number of azide groups is 1. The number of rotatable bonds is 9. The minimum absolute atomic E-state index is 0.00206. The predicted molar refractivity (Wildman–Crippen MR) is 109 cm³/mol. The molecule has 0 radical (unpaired) electrons. The van der Waals surface area contributed by atoms with Crippen LogP contribution >= 0.6 is 0 Å². The zero-order valence-electron chi connectivity index (χ0n) is 16.7. The van der Waals surface area contributed by atoms with E-state index in [4.69, 9.17) is 19.7 Å². The summed E-state index contributed by atoms with van der Waals surface area (Å²) >= 11 is 0. The van der Waals surface area contributed by atoms with Crippen molar-refractivity contribution in [3.8, 4) is 5.75 Å². The third-order valence-corrected chi connectivity index (χ3v) is 3.90. The molecule has 2 rings (SSSR count). The lowest BCUT2D eigenvalue weighted by Gasteiger charge is -2.13. The van der Waals surface area contributed by atoms with Crippen molar-refractivity contribution in [2.45, 2.75) is 20.0 Å². The van der Waals surface area contributed by atoms with E-state index in [0.717, 1.165) is 11.1 Å². The first-order valence-corrected chi connectivity index (χ1v) is 9.13. The maximum atomic E-state index is 12.4. The highest BCUT2D eigenvalue weighted by molar-refractivity contribution is 5.93. The van der Waals surface area contributed by atoms with E-state index in [-0.39, 0.29) is 31.0 Å². The maximum absolute atomic E-state index is 12.4. The van der Waals surface area contributed by atoms with Gasteiger partial charge in [0.25, 0.3) is 0 Å². The Balaban J connectivity index is 2.24. The molecule has 0 bridgehead atoms. The van der Waals surface area contributed by atoms with Gasteiger partial charge in [-0.15, -0.1) is 0 Å². The number of carbonyl (C=O) groups excluding carboxylic acids is 2. The van der Waals surface area contributed by atoms with E-state index in [0.29, 0.717) is 5.75 Å². The zero-order valence-corrected chi connectivity index (χ0v) is 16.7. The number of carbonyl (C=O) groups is 2. The number of methoxy groups -OCH3 is 1. The Morgan fingerprint density at radius 3 is 2.33 bits per heavy atom. The van der Waals surface area contributed by atoms with E-state index in [1.54, 1.807) is 50.4 Å². The fourth-order valence-electron chi connectivity index (χ4n) is 2.47. The first kappa shape index (κ1) is 22.3. The van der Waals surface area contributed by atoms with Crippen LogP contribution in [0.2, 0.25) is 0 Å². The number of hydrogen-bond donors (Lipinski definition) is 1. The monoisotopic (exact) mass is 410 g/mol. The molecule has 1 N–H and O–H groups in total. The Bertz CT molecular complexity index is 936. The van der Waals surface area contributed by atoms with Crippen LogP contribution in [0.25, 0.3) is 10.4 Å². The lowest BCUT2D eigenvalue weighted by atomic mass is 10.1. The number of nitrogens with one attached hydrogen (secondary N) is 1. The standard InChI is InChI=1S/C21H22N4O5/c1-3-29-20(26)19(23-21(27)30-14-16-7-5-4-6-8-16)18(24-25-22)13-15-9-11-17(28-2)12-10-15/h4-12H,3,13-14H2,1-2H3,(H,23,27)/b19-18-. The van der Waals surface area contributed by atoms with Crippen LogP contribution in [-0.2, 0) is 27.3 Å². The van der Waals surface area contributed by atoms with Crippen LogP contribution in [0.4, 0.5) is 4.79 Å². The number of amides is 1. The van der Waals surface area contributed by atoms with Crippen LogP contribution in [0, 0.1) is 0 Å². The highest BCUT2D eigenvalue weighted by Gasteiger charge is 2.20. The van der Waals surface area contributed by atoms with Crippen LogP contribution in [0.5, 0.6) is 5.75 Å². The Morgan fingerprint density at radius 1 is 1.03 bits per heavy atom. The molecule has 0 aliphatic heterocycles. The van der Waals surface area contributed by atoms with Gasteiger partial charge in [-0.05, 0) is 35.7 Å². The van der Waals surface area contributed by atoms with E-state index in [2.05, 4.69) is 15.3 Å². The summed E-state index contributed by atoms with van der Waals surface area (Å²) in [6, 6.07) is 16.0. The minimum Gasteiger partial charge on any atom is -0.497 e. The summed E-state index contributed by atoms with van der Waals surface area (Å²) in [6.07, 6.45) is -0.788. The van der Waals surface area contributed by atoms with Crippen molar-refractivity contribution in [2.24, 2.45) is 5.11 Å². The molecule has 0 spiro atoms. The molecule has 0 atom stereocenters. The molecule has 9 heteroatoms. The molecule has 0 aliphatic rings. The van der Waals surface area contributed by atoms with Gasteiger partial charge in [0.05, 0.1) is 19.4 Å². The first-order valence-electron chi connectivity index (χ1n) is 9.13. The van der Waals surface area contributed by atoms with Crippen molar-refractivity contribution in [1.82, 2.24) is 5.32 Å². The zero-order chi connectivity index (χ0) is 21.8. The Labute approximate surface area is 173 Å². The first-order chi connectivity index (χ1) is 14.6. The molecule has 0 fully saturated rings. The summed E-state index contributed by atoms with van der Waals surface area (Å²) in [5.41, 5.74) is 10.2. The van der Waals surface area contributed by atoms with Gasteiger partial charge >= 0.3 is 12.1 Å². The molecular formula is C21H22N4O5. The van der Waals surface area contributed by atoms with Crippen molar-refractivity contribution < 1.29 is 23.8 Å². The number of alkyl carbamates (subject to hydrolysis) is 1. The molecule has 0 heterocycles. The van der Waals surface area contributed by atoms with Crippen LogP contribution in [0.1, 0.15) is 18.1 Å². The highest BCUT2D eigenvalue weighted by Crippen LogP contribution is 2.18. The molecule has 2 aromatic carbocycles. The lowest BCUT2D eigenvalue weighted by molar-refractivity contribution is -0.139. The average molecular weight is 410 g/mol. The summed E-state index contributed by atoms with van der Waals surface area (Å²) in [7, 11) is 1.55. The number of hydrogen-bond acceptors (Lipinski definition) is 6. The van der Waals surface area contributed by atoms with Gasteiger partial charge in [0.1, 0.15) is 18.1 Å². The summed E-state index contributed by atoms with van der Waals surface area (Å²) < 4.78 is 15.3. The smallest absolute Gasteiger partial charge is 0.412 e. The summed E-state index contributed by atoms with van der Waals surface area (Å²) in [5.74, 6) is -0.175. The Hall–Kier alpha value is -3.97. The lowest BCUT2D eigenvalue weighted by Crippen LogP contribution is -2.30. The molecule has 2 aromatic rings. The van der Waals surface area contributed by atoms with E-state index in [1.807, 2.05) is 18.2 Å². The SMILES string of the molecule is CCOC(=O)/C(NC(=O)OCc1ccccc1)=C(\Cc1ccc(OC)cc1)N=[N+]=[N-]. The van der Waals surface area contributed by atoms with Crippen LogP contribution in [0.3, 0.4) is 0 Å². The van der Waals surface area contributed by atoms with Gasteiger partial charge in [-0.2, -0.15) is 0 Å². The molecule has 9 nitrogen and oxygen atoms in total. The largest absolute Gasteiger partial charge is 0.497 e. The normalized spacial score (nSPS) is 10.9. The second-order valence-electron chi connectivity index (χ2n) is 5.94. The second-order valence-corrected chi connectivity index (χ2v) is 5.94. The molecule has 0 saturated carbocycles. The summed E-state index contributed by atoms with van der Waals surface area (Å²) in [4.78, 5) is 27.4. The quantitative estimate of drug-likeness (QED) is 0.218. The predicted octanol–water partition coefficient (Wildman–Crippen LogP) is 4.25. The molecule has 0 aliphatic carbocycles. The third kappa shape index (κ3) is 6.88. The van der Waals surface area contributed by atoms with Crippen molar-refractivity contribution in [3.05, 3.63) is 87.6 Å². The molecule has 0 saturated heterocycles. The maximum Gasteiger partial charge on any atom is 0.412 e. The van der Waals surface area contributed by atoms with E-state index >= 15 is 0 Å². The van der Waals surface area contributed by atoms with Gasteiger partial charge in [0.2, 0.25) is 0 Å². The molecular weight excluding hydrogens is 388 g/mol. The highest BCUT2D eigenvalue weighted by atomic mass is 16.6. The van der Waals surface area contributed by atoms with Crippen LogP contribution in [-0.4, -0.2) is 25.8 Å². The molecule has 156 valence electrons. The fraction of sp³-hybridized carbons (Fsp3) is 0.238. The van der Waals surface area contributed by atoms with Crippen LogP contribution in [0.15, 0.2) is 71.1 Å². The van der Waals surface area contributed by atoms with Gasteiger partial charge < -0.3 is 14.2 Å². The van der Waals surface area contributed by atoms with Gasteiger partial charge in [0, 0.05) is 11.3 Å². The Kier molecular flexibility index (Phi) is 8.76. The average Bonchev–Trinajstić information content (AvgIpc) is 2.77. The number of nitrogens with zero attached hydrogens (tertiary/aromatic N) is 3. The summed E-state index contributed by atoms with van der Waals surface area (Å²) in [5, 5.41) is 5.95. The topological polar surface area (TPSA) is 123 Å². The van der Waals surface area contributed by atoms with Crippen molar-refractivity contribution in [1.29, 1.82) is 0 Å². The van der Waals surface area contributed by atoms with Crippen LogP contribution < -0.4 is 10.1 Å². The van der Waals surface area contributed by atoms with E-state index in [1.165, 1.54) is 0 Å². The molecule has 1 amide bonds. The number of allylic oxidation sites excluding steroid dienone is 1.